The molecule has 0 saturated carbocycles. The summed E-state index contributed by atoms with van der Waals surface area (Å²) in [4.78, 5) is 29.4. The monoisotopic (exact) mass is 394 g/mol. The molecule has 144 valence electrons. The van der Waals surface area contributed by atoms with Gasteiger partial charge in [-0.05, 0) is 56.0 Å². The molecule has 5 rings (SSSR count). The van der Waals surface area contributed by atoms with Gasteiger partial charge in [-0.1, -0.05) is 25.1 Å². The number of anilines is 2. The molecule has 0 radical (unpaired) electrons. The van der Waals surface area contributed by atoms with E-state index in [-0.39, 0.29) is 28.9 Å². The van der Waals surface area contributed by atoms with Gasteiger partial charge in [0.2, 0.25) is 10.8 Å². The second-order valence-electron chi connectivity index (χ2n) is 8.48. The minimum atomic E-state index is -1.08. The molecular weight excluding hydrogens is 372 g/mol. The third kappa shape index (κ3) is 2.04. The normalized spacial score (nSPS) is 27.6. The van der Waals surface area contributed by atoms with Gasteiger partial charge in [-0.2, -0.15) is 0 Å². The van der Waals surface area contributed by atoms with E-state index in [4.69, 9.17) is 0 Å². The molecule has 2 atom stereocenters. The number of fused-ring (bicyclic) bond motifs is 1. The van der Waals surface area contributed by atoms with Gasteiger partial charge in [0.1, 0.15) is 5.75 Å². The van der Waals surface area contributed by atoms with Gasteiger partial charge in [0.05, 0.1) is 11.4 Å². The second-order valence-corrected chi connectivity index (χ2v) is 9.65. The lowest BCUT2D eigenvalue weighted by Gasteiger charge is -2.44. The molecule has 0 bridgehead atoms. The summed E-state index contributed by atoms with van der Waals surface area (Å²) >= 11 is 1.40. The van der Waals surface area contributed by atoms with Crippen molar-refractivity contribution in [3.8, 4) is 5.75 Å². The molecule has 1 saturated heterocycles. The van der Waals surface area contributed by atoms with Crippen molar-refractivity contribution in [1.29, 1.82) is 0 Å². The predicted octanol–water partition coefficient (Wildman–Crippen LogP) is 3.96. The molecule has 3 aliphatic rings. The Kier molecular flexibility index (Phi) is 3.48. The smallest absolute Gasteiger partial charge is 0.269 e. The Morgan fingerprint density at radius 1 is 1.07 bits per heavy atom. The topological polar surface area (TPSA) is 60.9 Å². The molecule has 2 aromatic rings. The predicted molar refractivity (Wildman–Crippen MR) is 111 cm³/mol. The Bertz CT molecular complexity index is 1020. The molecule has 0 aromatic heterocycles. The molecular formula is C22H22N2O3S. The van der Waals surface area contributed by atoms with Crippen LogP contribution >= 0.6 is 11.8 Å². The lowest BCUT2D eigenvalue weighted by molar-refractivity contribution is -0.124. The van der Waals surface area contributed by atoms with Gasteiger partial charge in [-0.15, -0.1) is 11.8 Å². The average Bonchev–Trinajstić information content (AvgIpc) is 3.11. The van der Waals surface area contributed by atoms with Crippen LogP contribution in [-0.2, 0) is 14.5 Å². The first-order chi connectivity index (χ1) is 13.3. The highest BCUT2D eigenvalue weighted by Gasteiger charge is 2.64. The first-order valence-electron chi connectivity index (χ1n) is 9.51. The number of amides is 2. The van der Waals surface area contributed by atoms with Gasteiger partial charge in [0.25, 0.3) is 5.91 Å². The van der Waals surface area contributed by atoms with Crippen LogP contribution in [0.2, 0.25) is 0 Å². The third-order valence-electron chi connectivity index (χ3n) is 6.17. The maximum atomic E-state index is 14.0. The van der Waals surface area contributed by atoms with Crippen molar-refractivity contribution < 1.29 is 14.7 Å². The van der Waals surface area contributed by atoms with Crippen LogP contribution < -0.4 is 9.80 Å². The van der Waals surface area contributed by atoms with Crippen LogP contribution in [0.4, 0.5) is 11.4 Å². The maximum absolute atomic E-state index is 14.0. The van der Waals surface area contributed by atoms with Gasteiger partial charge >= 0.3 is 0 Å². The number of phenols is 1. The summed E-state index contributed by atoms with van der Waals surface area (Å²) in [6.45, 7) is 6.41. The number of para-hydroxylation sites is 1. The molecule has 2 amide bonds. The number of carbonyl (C=O) groups is 2. The highest BCUT2D eigenvalue weighted by atomic mass is 32.2. The van der Waals surface area contributed by atoms with Crippen LogP contribution in [0.3, 0.4) is 0 Å². The van der Waals surface area contributed by atoms with E-state index in [2.05, 4.69) is 26.8 Å². The van der Waals surface area contributed by atoms with E-state index in [0.29, 0.717) is 11.6 Å². The molecule has 3 aliphatic heterocycles. The van der Waals surface area contributed by atoms with Crippen molar-refractivity contribution in [2.24, 2.45) is 0 Å². The van der Waals surface area contributed by atoms with Gasteiger partial charge < -0.3 is 10.0 Å². The largest absolute Gasteiger partial charge is 0.508 e. The Morgan fingerprint density at radius 2 is 1.79 bits per heavy atom. The van der Waals surface area contributed by atoms with E-state index >= 15 is 0 Å². The van der Waals surface area contributed by atoms with Gasteiger partial charge in [-0.3, -0.25) is 14.5 Å². The lowest BCUT2D eigenvalue weighted by atomic mass is 9.80. The first kappa shape index (κ1) is 17.6. The zero-order valence-corrected chi connectivity index (χ0v) is 16.9. The SMILES string of the molecule is CC1CC(C)(C)N2C(=O)C3(SCC(=O)N3c3ccc(O)cc3)c3cccc1c32. The van der Waals surface area contributed by atoms with Crippen LogP contribution in [0, 0.1) is 0 Å². The van der Waals surface area contributed by atoms with E-state index in [1.807, 2.05) is 17.0 Å². The molecule has 1 spiro atoms. The number of benzene rings is 2. The Balaban J connectivity index is 1.78. The summed E-state index contributed by atoms with van der Waals surface area (Å²) in [6, 6.07) is 12.6. The molecule has 3 heterocycles. The summed E-state index contributed by atoms with van der Waals surface area (Å²) in [5.41, 5.74) is 3.36. The van der Waals surface area contributed by atoms with Crippen molar-refractivity contribution in [1.82, 2.24) is 0 Å². The van der Waals surface area contributed by atoms with Crippen LogP contribution in [0.1, 0.15) is 44.2 Å². The fourth-order valence-electron chi connectivity index (χ4n) is 5.13. The standard InChI is InChI=1S/C22H22N2O3S/c1-13-11-21(2,3)24-19-16(13)5-4-6-17(19)22(20(24)27)23(18(26)12-28-22)14-7-9-15(25)10-8-14/h4-10,13,25H,11-12H2,1-3H3. The van der Waals surface area contributed by atoms with Crippen LogP contribution in [0.25, 0.3) is 0 Å². The molecule has 6 heteroatoms. The summed E-state index contributed by atoms with van der Waals surface area (Å²) in [6.07, 6.45) is 0.878. The molecule has 28 heavy (non-hydrogen) atoms. The van der Waals surface area contributed by atoms with Crippen molar-refractivity contribution in [3.63, 3.8) is 0 Å². The van der Waals surface area contributed by atoms with E-state index in [1.165, 1.54) is 17.3 Å². The van der Waals surface area contributed by atoms with Crippen LogP contribution in [0.5, 0.6) is 5.75 Å². The van der Waals surface area contributed by atoms with Crippen molar-refractivity contribution >= 4 is 35.0 Å². The maximum Gasteiger partial charge on any atom is 0.269 e. The number of nitrogens with zero attached hydrogens (tertiary/aromatic N) is 2. The van der Waals surface area contributed by atoms with Gasteiger partial charge in [0, 0.05) is 16.8 Å². The van der Waals surface area contributed by atoms with E-state index in [0.717, 1.165) is 17.7 Å². The molecule has 5 nitrogen and oxygen atoms in total. The number of aromatic hydroxyl groups is 1. The zero-order valence-electron chi connectivity index (χ0n) is 16.1. The summed E-state index contributed by atoms with van der Waals surface area (Å²) < 4.78 is 0. The summed E-state index contributed by atoms with van der Waals surface area (Å²) in [5.74, 6) is 0.587. The molecule has 0 aliphatic carbocycles. The van der Waals surface area contributed by atoms with E-state index in [9.17, 15) is 14.7 Å². The Hall–Kier alpha value is -2.47. The van der Waals surface area contributed by atoms with E-state index in [1.54, 1.807) is 29.2 Å². The number of carbonyl (C=O) groups excluding carboxylic acids is 2. The number of hydrogen-bond donors (Lipinski definition) is 1. The number of thioether (sulfide) groups is 1. The number of rotatable bonds is 1. The highest BCUT2D eigenvalue weighted by molar-refractivity contribution is 8.02. The Labute approximate surface area is 168 Å². The van der Waals surface area contributed by atoms with Crippen molar-refractivity contribution in [2.75, 3.05) is 15.6 Å². The minimum absolute atomic E-state index is 0.0456. The molecule has 1 fully saturated rings. The third-order valence-corrected chi connectivity index (χ3v) is 7.55. The van der Waals surface area contributed by atoms with Crippen LogP contribution in [0.15, 0.2) is 42.5 Å². The first-order valence-corrected chi connectivity index (χ1v) is 10.5. The molecule has 2 aromatic carbocycles. The zero-order chi connectivity index (χ0) is 19.8. The second kappa shape index (κ2) is 5.54. The Morgan fingerprint density at radius 3 is 2.50 bits per heavy atom. The van der Waals surface area contributed by atoms with Crippen LogP contribution in [-0.4, -0.2) is 28.2 Å². The summed E-state index contributed by atoms with van der Waals surface area (Å²) in [5, 5.41) is 9.67. The molecule has 1 N–H and O–H groups in total. The lowest BCUT2D eigenvalue weighted by Crippen LogP contribution is -2.56. The minimum Gasteiger partial charge on any atom is -0.508 e. The quantitative estimate of drug-likeness (QED) is 0.795. The van der Waals surface area contributed by atoms with Crippen molar-refractivity contribution in [3.05, 3.63) is 53.6 Å². The van der Waals surface area contributed by atoms with Gasteiger partial charge in [0.15, 0.2) is 0 Å². The number of hydrogen-bond acceptors (Lipinski definition) is 4. The van der Waals surface area contributed by atoms with E-state index < -0.39 is 4.87 Å². The highest BCUT2D eigenvalue weighted by Crippen LogP contribution is 2.61. The fourth-order valence-corrected chi connectivity index (χ4v) is 6.47. The number of phenolic OH excluding ortho intramolecular Hbond substituents is 1. The summed E-state index contributed by atoms with van der Waals surface area (Å²) in [7, 11) is 0. The average molecular weight is 394 g/mol. The molecule has 2 unspecified atom stereocenters. The van der Waals surface area contributed by atoms with Crippen molar-refractivity contribution in [2.45, 2.75) is 43.5 Å². The van der Waals surface area contributed by atoms with Gasteiger partial charge in [-0.25, -0.2) is 0 Å². The fraction of sp³-hybridized carbons (Fsp3) is 0.364.